The second kappa shape index (κ2) is 10.7. The smallest absolute Gasteiger partial charge is 0.162 e. The number of nitrogens with one attached hydrogen (secondary N) is 1. The number of benzene rings is 2. The average molecular weight is 515 g/mol. The molecule has 0 aliphatic heterocycles. The number of rotatable bonds is 9. The van der Waals surface area contributed by atoms with Gasteiger partial charge < -0.3 is 31.0 Å². The van der Waals surface area contributed by atoms with Crippen molar-refractivity contribution in [3.8, 4) is 28.5 Å². The van der Waals surface area contributed by atoms with Crippen LogP contribution in [0.5, 0.6) is 17.2 Å². The zero-order chi connectivity index (χ0) is 26.6. The molecule has 5 rings (SSSR count). The van der Waals surface area contributed by atoms with Gasteiger partial charge in [-0.3, -0.25) is 9.97 Å². The first-order chi connectivity index (χ1) is 18.4. The van der Waals surface area contributed by atoms with E-state index in [0.717, 1.165) is 27.2 Å². The minimum Gasteiger partial charge on any atom is -0.493 e. The molecule has 194 valence electrons. The van der Waals surface area contributed by atoms with Gasteiger partial charge in [-0.1, -0.05) is 6.07 Å². The number of ether oxygens (including phenoxy) is 3. The Morgan fingerprint density at radius 3 is 2.55 bits per heavy atom. The van der Waals surface area contributed by atoms with E-state index in [4.69, 9.17) is 25.7 Å². The molecule has 0 aliphatic rings. The molecule has 3 heterocycles. The first-order valence-electron chi connectivity index (χ1n) is 11.9. The average Bonchev–Trinajstić information content (AvgIpc) is 2.94. The molecule has 3 aromatic heterocycles. The van der Waals surface area contributed by atoms with Crippen molar-refractivity contribution in [2.45, 2.75) is 6.04 Å². The number of anilines is 2. The molecule has 0 aliphatic carbocycles. The summed E-state index contributed by atoms with van der Waals surface area (Å²) in [6.07, 6.45) is 5.00. The Hall–Kier alpha value is -4.70. The predicted molar refractivity (Wildman–Crippen MR) is 146 cm³/mol. The summed E-state index contributed by atoms with van der Waals surface area (Å²) in [5.41, 5.74) is 15.3. The van der Waals surface area contributed by atoms with Crippen molar-refractivity contribution in [1.82, 2.24) is 15.0 Å². The first kappa shape index (κ1) is 25.0. The highest BCUT2D eigenvalue weighted by Gasteiger charge is 2.14. The van der Waals surface area contributed by atoms with Crippen molar-refractivity contribution < 1.29 is 18.6 Å². The van der Waals surface area contributed by atoms with Gasteiger partial charge in [-0.15, -0.1) is 0 Å². The summed E-state index contributed by atoms with van der Waals surface area (Å²) in [6, 6.07) is 13.4. The van der Waals surface area contributed by atoms with Crippen molar-refractivity contribution in [3.05, 3.63) is 72.9 Å². The van der Waals surface area contributed by atoms with E-state index in [-0.39, 0.29) is 18.5 Å². The lowest BCUT2D eigenvalue weighted by molar-refractivity contribution is 0.292. The number of halogens is 1. The normalized spacial score (nSPS) is 11.9. The third kappa shape index (κ3) is 5.21. The quantitative estimate of drug-likeness (QED) is 0.245. The fraction of sp³-hybridized carbons (Fsp3) is 0.179. The molecule has 5 aromatic rings. The molecule has 5 N–H and O–H groups in total. The molecule has 0 spiro atoms. The molecular weight excluding hydrogens is 487 g/mol. The molecule has 0 unspecified atom stereocenters. The van der Waals surface area contributed by atoms with E-state index in [9.17, 15) is 4.39 Å². The van der Waals surface area contributed by atoms with Crippen LogP contribution < -0.4 is 31.0 Å². The van der Waals surface area contributed by atoms with E-state index in [2.05, 4.69) is 20.3 Å². The fourth-order valence-corrected chi connectivity index (χ4v) is 4.15. The number of methoxy groups -OCH3 is 2. The number of hydrogen-bond donors (Lipinski definition) is 3. The van der Waals surface area contributed by atoms with E-state index in [1.165, 1.54) is 12.1 Å². The van der Waals surface area contributed by atoms with Crippen molar-refractivity contribution in [3.63, 3.8) is 0 Å². The molecular formula is C28H27FN6O3. The second-order valence-corrected chi connectivity index (χ2v) is 8.71. The Balaban J connectivity index is 1.38. The number of fused-ring (bicyclic) bond motifs is 3. The molecule has 2 aromatic carbocycles. The van der Waals surface area contributed by atoms with Crippen LogP contribution in [0.3, 0.4) is 0 Å². The number of hydrogen-bond acceptors (Lipinski definition) is 9. The lowest BCUT2D eigenvalue weighted by Crippen LogP contribution is -2.35. The van der Waals surface area contributed by atoms with E-state index in [0.29, 0.717) is 41.0 Å². The van der Waals surface area contributed by atoms with Crippen LogP contribution >= 0.6 is 0 Å². The minimum atomic E-state index is -0.331. The lowest BCUT2D eigenvalue weighted by atomic mass is 10.0. The maximum atomic E-state index is 13.4. The Morgan fingerprint density at radius 2 is 1.76 bits per heavy atom. The third-order valence-electron chi connectivity index (χ3n) is 6.08. The molecule has 9 nitrogen and oxygen atoms in total. The number of pyridine rings is 3. The summed E-state index contributed by atoms with van der Waals surface area (Å²) in [7, 11) is 3.17. The Labute approximate surface area is 218 Å². The van der Waals surface area contributed by atoms with Crippen molar-refractivity contribution in [1.29, 1.82) is 0 Å². The summed E-state index contributed by atoms with van der Waals surface area (Å²) in [5.74, 6) is 1.75. The zero-order valence-corrected chi connectivity index (χ0v) is 20.9. The van der Waals surface area contributed by atoms with Crippen LogP contribution in [0.25, 0.3) is 32.9 Å². The van der Waals surface area contributed by atoms with Crippen LogP contribution in [-0.2, 0) is 0 Å². The van der Waals surface area contributed by atoms with E-state index >= 15 is 0 Å². The van der Waals surface area contributed by atoms with Crippen LogP contribution in [0, 0.1) is 5.82 Å². The standard InChI is InChI=1S/C28H27FN6O3/c1-36-26-9-22-21-8-24(35-28(31)23(21)14-34-25(22)10-27(26)37-2)16-6-20(13-32-11-16)38-15-18(30)12-33-19-5-3-4-17(29)7-19/h3-11,13-14,18,33H,12,15,30H2,1-2H3,(H2,31,35)/t18-/m0/s1. The van der Waals surface area contributed by atoms with Crippen LogP contribution in [-0.4, -0.2) is 48.4 Å². The topological polar surface area (TPSA) is 130 Å². The number of aromatic nitrogens is 3. The first-order valence-corrected chi connectivity index (χ1v) is 11.9. The maximum absolute atomic E-state index is 13.4. The predicted octanol–water partition coefficient (Wildman–Crippen LogP) is 4.40. The minimum absolute atomic E-state index is 0.235. The molecule has 10 heteroatoms. The van der Waals surface area contributed by atoms with Gasteiger partial charge in [-0.25, -0.2) is 9.37 Å². The van der Waals surface area contributed by atoms with Gasteiger partial charge in [0.25, 0.3) is 0 Å². The fourth-order valence-electron chi connectivity index (χ4n) is 4.15. The van der Waals surface area contributed by atoms with E-state index < -0.39 is 0 Å². The lowest BCUT2D eigenvalue weighted by Gasteiger charge is -2.15. The zero-order valence-electron chi connectivity index (χ0n) is 20.9. The summed E-state index contributed by atoms with van der Waals surface area (Å²) in [4.78, 5) is 13.4. The molecule has 0 fully saturated rings. The molecule has 38 heavy (non-hydrogen) atoms. The Bertz CT molecular complexity index is 1610. The molecule has 0 bridgehead atoms. The van der Waals surface area contributed by atoms with Crippen molar-refractivity contribution in [2.24, 2.45) is 5.73 Å². The van der Waals surface area contributed by atoms with Crippen LogP contribution in [0.4, 0.5) is 15.9 Å². The van der Waals surface area contributed by atoms with Gasteiger partial charge in [-0.05, 0) is 41.8 Å². The Kier molecular flexibility index (Phi) is 7.05. The number of nitrogens with two attached hydrogens (primary N) is 2. The summed E-state index contributed by atoms with van der Waals surface area (Å²) in [5, 5.41) is 5.56. The highest BCUT2D eigenvalue weighted by atomic mass is 19.1. The SMILES string of the molecule is COc1cc2ncc3c(N)nc(-c4cncc(OC[C@@H](N)CNc5cccc(F)c5)c4)cc3c2cc1OC. The summed E-state index contributed by atoms with van der Waals surface area (Å²) >= 11 is 0. The molecule has 0 radical (unpaired) electrons. The highest BCUT2D eigenvalue weighted by Crippen LogP contribution is 2.37. The molecule has 0 amide bonds. The molecule has 0 saturated carbocycles. The third-order valence-corrected chi connectivity index (χ3v) is 6.08. The Morgan fingerprint density at radius 1 is 0.947 bits per heavy atom. The summed E-state index contributed by atoms with van der Waals surface area (Å²) < 4.78 is 30.2. The van der Waals surface area contributed by atoms with Crippen molar-refractivity contribution in [2.75, 3.05) is 38.4 Å². The van der Waals surface area contributed by atoms with Gasteiger partial charge in [0.05, 0.1) is 37.7 Å². The highest BCUT2D eigenvalue weighted by molar-refractivity contribution is 6.10. The molecule has 1 atom stereocenters. The largest absolute Gasteiger partial charge is 0.493 e. The van der Waals surface area contributed by atoms with E-state index in [1.54, 1.807) is 44.9 Å². The monoisotopic (exact) mass is 514 g/mol. The van der Waals surface area contributed by atoms with Crippen LogP contribution in [0.2, 0.25) is 0 Å². The second-order valence-electron chi connectivity index (χ2n) is 8.71. The van der Waals surface area contributed by atoms with Gasteiger partial charge >= 0.3 is 0 Å². The van der Waals surface area contributed by atoms with Crippen LogP contribution in [0.15, 0.2) is 67.1 Å². The maximum Gasteiger partial charge on any atom is 0.162 e. The van der Waals surface area contributed by atoms with E-state index in [1.807, 2.05) is 24.3 Å². The van der Waals surface area contributed by atoms with Gasteiger partial charge in [-0.2, -0.15) is 0 Å². The van der Waals surface area contributed by atoms with Gasteiger partial charge in [0.15, 0.2) is 11.5 Å². The summed E-state index contributed by atoms with van der Waals surface area (Å²) in [6.45, 7) is 0.646. The molecule has 0 saturated heterocycles. The number of nitrogen functional groups attached to an aromatic ring is 1. The van der Waals surface area contributed by atoms with Gasteiger partial charge in [0.2, 0.25) is 0 Å². The van der Waals surface area contributed by atoms with Gasteiger partial charge in [0.1, 0.15) is 24.0 Å². The van der Waals surface area contributed by atoms with Gasteiger partial charge in [0, 0.05) is 47.0 Å². The van der Waals surface area contributed by atoms with Crippen LogP contribution in [0.1, 0.15) is 0 Å². The van der Waals surface area contributed by atoms with Crippen molar-refractivity contribution >= 4 is 33.2 Å². The number of nitrogens with zero attached hydrogens (tertiary/aromatic N) is 3.